The van der Waals surface area contributed by atoms with E-state index in [1.54, 1.807) is 0 Å². The molecule has 2 heteroatoms. The summed E-state index contributed by atoms with van der Waals surface area (Å²) in [5, 5.41) is 4.90. The molecule has 0 amide bonds. The molecule has 2 atom stereocenters. The van der Waals surface area contributed by atoms with Crippen LogP contribution in [-0.4, -0.2) is 12.6 Å². The molecule has 2 unspecified atom stereocenters. The van der Waals surface area contributed by atoms with Crippen LogP contribution >= 0.6 is 0 Å². The normalized spacial score (nSPS) is 24.8. The number of furan rings is 1. The smallest absolute Gasteiger partial charge is 0.134 e. The van der Waals surface area contributed by atoms with Gasteiger partial charge in [0.25, 0.3) is 0 Å². The van der Waals surface area contributed by atoms with Crippen LogP contribution < -0.4 is 5.32 Å². The molecule has 2 nitrogen and oxygen atoms in total. The van der Waals surface area contributed by atoms with Crippen molar-refractivity contribution in [3.8, 4) is 0 Å². The third-order valence-electron chi connectivity index (χ3n) is 5.41. The highest BCUT2D eigenvalue weighted by Gasteiger charge is 2.53. The molecule has 0 spiro atoms. The molecule has 1 heterocycles. The topological polar surface area (TPSA) is 25.2 Å². The molecule has 1 saturated carbocycles. The van der Waals surface area contributed by atoms with E-state index in [1.807, 2.05) is 6.07 Å². The molecule has 1 aliphatic carbocycles. The van der Waals surface area contributed by atoms with Gasteiger partial charge in [-0.3, -0.25) is 0 Å². The SMILES string of the molecule is CCNC1CC(c2cc3ccccc3o2)C1(CC)CC. The van der Waals surface area contributed by atoms with Crippen LogP contribution in [0.2, 0.25) is 0 Å². The summed E-state index contributed by atoms with van der Waals surface area (Å²) in [5.74, 6) is 1.75. The van der Waals surface area contributed by atoms with E-state index in [9.17, 15) is 0 Å². The number of benzene rings is 1. The van der Waals surface area contributed by atoms with Crippen LogP contribution in [0.5, 0.6) is 0 Å². The minimum absolute atomic E-state index is 0.365. The van der Waals surface area contributed by atoms with Gasteiger partial charge in [0.05, 0.1) is 0 Å². The lowest BCUT2D eigenvalue weighted by Gasteiger charge is -2.55. The molecule has 1 fully saturated rings. The zero-order valence-electron chi connectivity index (χ0n) is 12.8. The van der Waals surface area contributed by atoms with E-state index in [0.29, 0.717) is 17.4 Å². The van der Waals surface area contributed by atoms with Gasteiger partial charge in [-0.05, 0) is 43.4 Å². The first kappa shape index (κ1) is 13.7. The Bertz CT molecular complexity index is 549. The molecule has 2 aromatic rings. The number of hydrogen-bond acceptors (Lipinski definition) is 2. The highest BCUT2D eigenvalue weighted by molar-refractivity contribution is 5.77. The number of hydrogen-bond donors (Lipinski definition) is 1. The van der Waals surface area contributed by atoms with Crippen molar-refractivity contribution in [3.63, 3.8) is 0 Å². The van der Waals surface area contributed by atoms with Gasteiger partial charge in [-0.1, -0.05) is 39.0 Å². The van der Waals surface area contributed by atoms with E-state index in [4.69, 9.17) is 4.42 Å². The van der Waals surface area contributed by atoms with Crippen LogP contribution in [0.3, 0.4) is 0 Å². The zero-order chi connectivity index (χ0) is 14.2. The Balaban J connectivity index is 1.93. The Labute approximate surface area is 121 Å². The first-order valence-corrected chi connectivity index (χ1v) is 7.97. The average Bonchev–Trinajstić information content (AvgIpc) is 2.87. The number of fused-ring (bicyclic) bond motifs is 1. The third-order valence-corrected chi connectivity index (χ3v) is 5.41. The largest absolute Gasteiger partial charge is 0.461 e. The van der Waals surface area contributed by atoms with Crippen LogP contribution in [0.25, 0.3) is 11.0 Å². The van der Waals surface area contributed by atoms with E-state index >= 15 is 0 Å². The van der Waals surface area contributed by atoms with Crippen molar-refractivity contribution in [2.24, 2.45) is 5.41 Å². The fourth-order valence-electron chi connectivity index (χ4n) is 4.13. The van der Waals surface area contributed by atoms with Gasteiger partial charge in [0.15, 0.2) is 0 Å². The van der Waals surface area contributed by atoms with Crippen molar-refractivity contribution in [1.29, 1.82) is 0 Å². The molecule has 108 valence electrons. The first-order valence-electron chi connectivity index (χ1n) is 7.97. The minimum Gasteiger partial charge on any atom is -0.461 e. The molecule has 1 N–H and O–H groups in total. The molecule has 1 aliphatic rings. The Morgan fingerprint density at radius 3 is 2.60 bits per heavy atom. The molecule has 1 aromatic carbocycles. The monoisotopic (exact) mass is 271 g/mol. The van der Waals surface area contributed by atoms with Crippen LogP contribution in [0.1, 0.15) is 51.7 Å². The maximum absolute atomic E-state index is 6.13. The summed E-state index contributed by atoms with van der Waals surface area (Å²) >= 11 is 0. The van der Waals surface area contributed by atoms with Crippen molar-refractivity contribution in [1.82, 2.24) is 5.32 Å². The predicted molar refractivity (Wildman–Crippen MR) is 84.1 cm³/mol. The predicted octanol–water partition coefficient (Wildman–Crippen LogP) is 4.70. The summed E-state index contributed by atoms with van der Waals surface area (Å²) in [5.41, 5.74) is 1.39. The quantitative estimate of drug-likeness (QED) is 0.852. The maximum Gasteiger partial charge on any atom is 0.134 e. The zero-order valence-corrected chi connectivity index (χ0v) is 12.8. The highest BCUT2D eigenvalue weighted by atomic mass is 16.3. The molecule has 1 aromatic heterocycles. The summed E-state index contributed by atoms with van der Waals surface area (Å²) in [6, 6.07) is 11.2. The van der Waals surface area contributed by atoms with Crippen LogP contribution in [-0.2, 0) is 0 Å². The van der Waals surface area contributed by atoms with Crippen molar-refractivity contribution < 1.29 is 4.42 Å². The number of rotatable bonds is 5. The van der Waals surface area contributed by atoms with Crippen molar-refractivity contribution in [2.75, 3.05) is 6.54 Å². The summed E-state index contributed by atoms with van der Waals surface area (Å²) < 4.78 is 6.13. The lowest BCUT2D eigenvalue weighted by Crippen LogP contribution is -2.58. The van der Waals surface area contributed by atoms with Crippen molar-refractivity contribution in [2.45, 2.75) is 52.0 Å². The first-order chi connectivity index (χ1) is 9.75. The average molecular weight is 271 g/mol. The summed E-state index contributed by atoms with van der Waals surface area (Å²) in [6.07, 6.45) is 3.63. The summed E-state index contributed by atoms with van der Waals surface area (Å²) in [4.78, 5) is 0. The van der Waals surface area contributed by atoms with E-state index in [0.717, 1.165) is 12.1 Å². The van der Waals surface area contributed by atoms with Crippen molar-refractivity contribution in [3.05, 3.63) is 36.1 Å². The van der Waals surface area contributed by atoms with Gasteiger partial charge in [0.1, 0.15) is 11.3 Å². The van der Waals surface area contributed by atoms with Gasteiger partial charge in [0, 0.05) is 17.3 Å². The van der Waals surface area contributed by atoms with Gasteiger partial charge in [-0.25, -0.2) is 0 Å². The lowest BCUT2D eigenvalue weighted by atomic mass is 9.53. The Morgan fingerprint density at radius 2 is 1.95 bits per heavy atom. The Morgan fingerprint density at radius 1 is 1.20 bits per heavy atom. The number of nitrogens with one attached hydrogen (secondary N) is 1. The lowest BCUT2D eigenvalue weighted by molar-refractivity contribution is 0.0108. The fourth-order valence-corrected chi connectivity index (χ4v) is 4.13. The molecular formula is C18H25NO. The van der Waals surface area contributed by atoms with Gasteiger partial charge < -0.3 is 9.73 Å². The summed E-state index contributed by atoms with van der Waals surface area (Å²) in [7, 11) is 0. The van der Waals surface area contributed by atoms with E-state index < -0.39 is 0 Å². The maximum atomic E-state index is 6.13. The molecule has 0 aliphatic heterocycles. The van der Waals surface area contributed by atoms with Crippen LogP contribution in [0, 0.1) is 5.41 Å². The van der Waals surface area contributed by atoms with Gasteiger partial charge >= 0.3 is 0 Å². The van der Waals surface area contributed by atoms with Gasteiger partial charge in [0.2, 0.25) is 0 Å². The molecule has 0 radical (unpaired) electrons. The van der Waals surface area contributed by atoms with Gasteiger partial charge in [-0.2, -0.15) is 0 Å². The standard InChI is InChI=1S/C18H25NO/c1-4-18(5-2)14(12-17(18)19-6-3)16-11-13-9-7-8-10-15(13)20-16/h7-11,14,17,19H,4-6,12H2,1-3H3. The third kappa shape index (κ3) is 1.89. The van der Waals surface area contributed by atoms with E-state index in [-0.39, 0.29) is 0 Å². The number of para-hydroxylation sites is 1. The van der Waals surface area contributed by atoms with E-state index in [2.05, 4.69) is 50.4 Å². The highest BCUT2D eigenvalue weighted by Crippen LogP contribution is 2.57. The van der Waals surface area contributed by atoms with Crippen LogP contribution in [0.15, 0.2) is 34.7 Å². The molecular weight excluding hydrogens is 246 g/mol. The molecule has 3 rings (SSSR count). The second kappa shape index (κ2) is 5.25. The Hall–Kier alpha value is -1.28. The Kier molecular flexibility index (Phi) is 3.59. The van der Waals surface area contributed by atoms with Gasteiger partial charge in [-0.15, -0.1) is 0 Å². The van der Waals surface area contributed by atoms with Crippen molar-refractivity contribution >= 4 is 11.0 Å². The second-order valence-electron chi connectivity index (χ2n) is 6.03. The minimum atomic E-state index is 0.365. The summed E-state index contributed by atoms with van der Waals surface area (Å²) in [6.45, 7) is 7.90. The second-order valence-corrected chi connectivity index (χ2v) is 6.03. The molecule has 20 heavy (non-hydrogen) atoms. The van der Waals surface area contributed by atoms with Crippen LogP contribution in [0.4, 0.5) is 0 Å². The molecule has 0 saturated heterocycles. The molecule has 0 bridgehead atoms. The fraction of sp³-hybridized carbons (Fsp3) is 0.556. The van der Waals surface area contributed by atoms with E-state index in [1.165, 1.54) is 30.4 Å².